The topological polar surface area (TPSA) is 52.6 Å². The maximum absolute atomic E-state index is 11.1. The van der Waals surface area contributed by atoms with Crippen molar-refractivity contribution in [2.24, 2.45) is 0 Å². The molecule has 0 aromatic heterocycles. The summed E-state index contributed by atoms with van der Waals surface area (Å²) in [6, 6.07) is 0.196. The SMILES string of the molecule is CNC(=O)CCN1CCC[C@H]1C(C)(C)O. The van der Waals surface area contributed by atoms with E-state index in [1.165, 1.54) is 0 Å². The van der Waals surface area contributed by atoms with Crippen LogP contribution in [0.5, 0.6) is 0 Å². The molecule has 1 amide bonds. The van der Waals surface area contributed by atoms with Crippen LogP contribution in [-0.4, -0.2) is 47.7 Å². The standard InChI is InChI=1S/C11H22N2O2/c1-11(2,15)9-5-4-7-13(9)8-6-10(14)12-3/h9,15H,4-8H2,1-3H3,(H,12,14)/t9-/m0/s1. The first-order chi connectivity index (χ1) is 6.95. The summed E-state index contributed by atoms with van der Waals surface area (Å²) in [5.74, 6) is 0.0661. The highest BCUT2D eigenvalue weighted by atomic mass is 16.3. The third-order valence-electron chi connectivity index (χ3n) is 3.08. The average Bonchev–Trinajstić information content (AvgIpc) is 2.61. The van der Waals surface area contributed by atoms with Gasteiger partial charge < -0.3 is 10.4 Å². The number of nitrogens with zero attached hydrogens (tertiary/aromatic N) is 1. The van der Waals surface area contributed by atoms with Crippen LogP contribution < -0.4 is 5.32 Å². The maximum atomic E-state index is 11.1. The molecular formula is C11H22N2O2. The molecule has 0 aliphatic carbocycles. The van der Waals surface area contributed by atoms with E-state index in [4.69, 9.17) is 0 Å². The van der Waals surface area contributed by atoms with Crippen LogP contribution in [0.15, 0.2) is 0 Å². The summed E-state index contributed by atoms with van der Waals surface area (Å²) < 4.78 is 0. The van der Waals surface area contributed by atoms with Crippen molar-refractivity contribution in [1.82, 2.24) is 10.2 Å². The quantitative estimate of drug-likeness (QED) is 0.710. The van der Waals surface area contributed by atoms with Gasteiger partial charge in [-0.05, 0) is 33.2 Å². The molecule has 1 rings (SSSR count). The zero-order valence-corrected chi connectivity index (χ0v) is 9.92. The van der Waals surface area contributed by atoms with Crippen molar-refractivity contribution in [3.05, 3.63) is 0 Å². The number of rotatable bonds is 4. The van der Waals surface area contributed by atoms with Gasteiger partial charge in [0.25, 0.3) is 0 Å². The maximum Gasteiger partial charge on any atom is 0.221 e. The van der Waals surface area contributed by atoms with Gasteiger partial charge in [-0.1, -0.05) is 0 Å². The number of carbonyl (C=O) groups excluding carboxylic acids is 1. The summed E-state index contributed by atoms with van der Waals surface area (Å²) in [5.41, 5.74) is -0.667. The molecule has 88 valence electrons. The number of carbonyl (C=O) groups is 1. The van der Waals surface area contributed by atoms with Gasteiger partial charge in [0.1, 0.15) is 0 Å². The number of hydrogen-bond donors (Lipinski definition) is 2. The van der Waals surface area contributed by atoms with Gasteiger partial charge in [-0.15, -0.1) is 0 Å². The zero-order chi connectivity index (χ0) is 11.5. The summed E-state index contributed by atoms with van der Waals surface area (Å²) in [5, 5.41) is 12.6. The highest BCUT2D eigenvalue weighted by Crippen LogP contribution is 2.26. The van der Waals surface area contributed by atoms with E-state index in [9.17, 15) is 9.90 Å². The zero-order valence-electron chi connectivity index (χ0n) is 9.92. The Morgan fingerprint density at radius 3 is 2.80 bits per heavy atom. The van der Waals surface area contributed by atoms with Gasteiger partial charge in [0, 0.05) is 26.1 Å². The fraction of sp³-hybridized carbons (Fsp3) is 0.909. The molecule has 1 saturated heterocycles. The molecule has 0 aromatic rings. The van der Waals surface area contributed by atoms with E-state index in [-0.39, 0.29) is 11.9 Å². The minimum Gasteiger partial charge on any atom is -0.389 e. The van der Waals surface area contributed by atoms with Gasteiger partial charge in [0.2, 0.25) is 5.91 Å². The lowest BCUT2D eigenvalue weighted by atomic mass is 9.96. The van der Waals surface area contributed by atoms with E-state index in [0.717, 1.165) is 25.9 Å². The molecule has 0 saturated carbocycles. The normalized spacial score (nSPS) is 23.1. The van der Waals surface area contributed by atoms with Gasteiger partial charge in [-0.25, -0.2) is 0 Å². The summed E-state index contributed by atoms with van der Waals surface area (Å²) in [7, 11) is 1.65. The number of nitrogens with one attached hydrogen (secondary N) is 1. The molecule has 1 aliphatic rings. The van der Waals surface area contributed by atoms with Crippen LogP contribution >= 0.6 is 0 Å². The highest BCUT2D eigenvalue weighted by Gasteiger charge is 2.35. The van der Waals surface area contributed by atoms with E-state index in [2.05, 4.69) is 10.2 Å². The Labute approximate surface area is 91.6 Å². The minimum atomic E-state index is -0.667. The predicted octanol–water partition coefficient (Wildman–Crippen LogP) is 0.358. The molecule has 2 N–H and O–H groups in total. The fourth-order valence-corrected chi connectivity index (χ4v) is 2.26. The average molecular weight is 214 g/mol. The van der Waals surface area contributed by atoms with E-state index in [0.29, 0.717) is 6.42 Å². The van der Waals surface area contributed by atoms with Gasteiger partial charge in [-0.3, -0.25) is 9.69 Å². The summed E-state index contributed by atoms with van der Waals surface area (Å²) in [6.07, 6.45) is 2.66. The monoisotopic (exact) mass is 214 g/mol. The van der Waals surface area contributed by atoms with Crippen molar-refractivity contribution >= 4 is 5.91 Å². The first kappa shape index (κ1) is 12.5. The van der Waals surface area contributed by atoms with E-state index in [1.807, 2.05) is 13.8 Å². The summed E-state index contributed by atoms with van der Waals surface area (Å²) in [6.45, 7) is 5.42. The lowest BCUT2D eigenvalue weighted by Gasteiger charge is -2.33. The lowest BCUT2D eigenvalue weighted by molar-refractivity contribution is -0.121. The molecule has 0 bridgehead atoms. The van der Waals surface area contributed by atoms with Gasteiger partial charge in [0.05, 0.1) is 5.60 Å². The van der Waals surface area contributed by atoms with Crippen LogP contribution in [0.1, 0.15) is 33.1 Å². The number of aliphatic hydroxyl groups is 1. The third kappa shape index (κ3) is 3.47. The second-order valence-corrected chi connectivity index (χ2v) is 4.77. The van der Waals surface area contributed by atoms with Crippen molar-refractivity contribution in [2.75, 3.05) is 20.1 Å². The Bertz CT molecular complexity index is 223. The van der Waals surface area contributed by atoms with Crippen LogP contribution in [0.4, 0.5) is 0 Å². The Morgan fingerprint density at radius 2 is 2.27 bits per heavy atom. The van der Waals surface area contributed by atoms with Crippen molar-refractivity contribution in [3.8, 4) is 0 Å². The third-order valence-corrected chi connectivity index (χ3v) is 3.08. The van der Waals surface area contributed by atoms with Crippen LogP contribution in [0.3, 0.4) is 0 Å². The Morgan fingerprint density at radius 1 is 1.60 bits per heavy atom. The fourth-order valence-electron chi connectivity index (χ4n) is 2.26. The first-order valence-electron chi connectivity index (χ1n) is 5.62. The minimum absolute atomic E-state index is 0.0661. The second-order valence-electron chi connectivity index (χ2n) is 4.77. The van der Waals surface area contributed by atoms with Crippen molar-refractivity contribution < 1.29 is 9.90 Å². The highest BCUT2D eigenvalue weighted by molar-refractivity contribution is 5.75. The van der Waals surface area contributed by atoms with E-state index >= 15 is 0 Å². The lowest BCUT2D eigenvalue weighted by Crippen LogP contribution is -2.46. The molecule has 1 heterocycles. The van der Waals surface area contributed by atoms with Crippen molar-refractivity contribution in [1.29, 1.82) is 0 Å². The van der Waals surface area contributed by atoms with Gasteiger partial charge in [0.15, 0.2) is 0 Å². The molecule has 1 aliphatic heterocycles. The van der Waals surface area contributed by atoms with Crippen LogP contribution in [0.2, 0.25) is 0 Å². The Balaban J connectivity index is 2.44. The molecule has 0 radical (unpaired) electrons. The summed E-state index contributed by atoms with van der Waals surface area (Å²) in [4.78, 5) is 13.3. The van der Waals surface area contributed by atoms with Gasteiger partial charge >= 0.3 is 0 Å². The molecule has 1 atom stereocenters. The van der Waals surface area contributed by atoms with Crippen LogP contribution in [0.25, 0.3) is 0 Å². The molecule has 1 fully saturated rings. The van der Waals surface area contributed by atoms with Crippen molar-refractivity contribution in [2.45, 2.75) is 44.8 Å². The first-order valence-corrected chi connectivity index (χ1v) is 5.62. The second kappa shape index (κ2) is 4.94. The number of likely N-dealkylation sites (tertiary alicyclic amines) is 1. The predicted molar refractivity (Wildman–Crippen MR) is 59.6 cm³/mol. The van der Waals surface area contributed by atoms with Crippen LogP contribution in [-0.2, 0) is 4.79 Å². The molecular weight excluding hydrogens is 192 g/mol. The molecule has 4 heteroatoms. The Hall–Kier alpha value is -0.610. The van der Waals surface area contributed by atoms with E-state index < -0.39 is 5.60 Å². The molecule has 15 heavy (non-hydrogen) atoms. The van der Waals surface area contributed by atoms with Crippen LogP contribution in [0, 0.1) is 0 Å². The molecule has 4 nitrogen and oxygen atoms in total. The summed E-state index contributed by atoms with van der Waals surface area (Å²) >= 11 is 0. The largest absolute Gasteiger partial charge is 0.389 e. The van der Waals surface area contributed by atoms with Crippen molar-refractivity contribution in [3.63, 3.8) is 0 Å². The van der Waals surface area contributed by atoms with Gasteiger partial charge in [-0.2, -0.15) is 0 Å². The smallest absolute Gasteiger partial charge is 0.221 e. The molecule has 0 unspecified atom stereocenters. The molecule has 0 spiro atoms. The number of amides is 1. The molecule has 0 aromatic carbocycles. The van der Waals surface area contributed by atoms with E-state index in [1.54, 1.807) is 7.05 Å². The number of hydrogen-bond acceptors (Lipinski definition) is 3. The Kier molecular flexibility index (Phi) is 4.11.